The zero-order chi connectivity index (χ0) is 17.2. The summed E-state index contributed by atoms with van der Waals surface area (Å²) in [5.74, 6) is 2.43. The molecule has 2 saturated heterocycles. The van der Waals surface area contributed by atoms with Gasteiger partial charge in [0.1, 0.15) is 18.6 Å². The molecule has 7 heteroatoms. The minimum Gasteiger partial charge on any atom is -0.486 e. The van der Waals surface area contributed by atoms with E-state index >= 15 is 0 Å². The fourth-order valence-electron chi connectivity index (χ4n) is 3.56. The molecule has 0 N–H and O–H groups in total. The lowest BCUT2D eigenvalue weighted by atomic mass is 10.1. The number of benzene rings is 1. The molecule has 3 aliphatic heterocycles. The first kappa shape index (κ1) is 16.6. The predicted octanol–water partition coefficient (Wildman–Crippen LogP) is 2.04. The number of nitrogens with zero attached hydrogens (tertiary/aromatic N) is 2. The molecule has 25 heavy (non-hydrogen) atoms. The van der Waals surface area contributed by atoms with Crippen LogP contribution in [-0.4, -0.2) is 60.2 Å². The Morgan fingerprint density at radius 1 is 1.08 bits per heavy atom. The van der Waals surface area contributed by atoms with Gasteiger partial charge in [-0.1, -0.05) is 6.07 Å². The van der Waals surface area contributed by atoms with E-state index in [1.54, 1.807) is 11.8 Å². The smallest absolute Gasteiger partial charge is 0.233 e. The van der Waals surface area contributed by atoms with Crippen LogP contribution in [0.5, 0.6) is 11.5 Å². The van der Waals surface area contributed by atoms with E-state index < -0.39 is 0 Å². The maximum Gasteiger partial charge on any atom is 0.233 e. The quantitative estimate of drug-likeness (QED) is 0.802. The standard InChI is InChI=1S/C18H22N2O4S/c21-16-3-1-6-19(16)7-2-8-20-17(22)12-25-18(20)13-4-5-14-15(11-13)24-10-9-23-14/h4-5,11,18H,1-3,6-10,12H2. The van der Waals surface area contributed by atoms with Gasteiger partial charge in [0.15, 0.2) is 11.5 Å². The molecule has 0 bridgehead atoms. The number of likely N-dealkylation sites (tertiary alicyclic amines) is 1. The number of carbonyl (C=O) groups is 2. The summed E-state index contributed by atoms with van der Waals surface area (Å²) in [5.41, 5.74) is 1.07. The van der Waals surface area contributed by atoms with Gasteiger partial charge in [-0.05, 0) is 30.5 Å². The van der Waals surface area contributed by atoms with Crippen LogP contribution in [-0.2, 0) is 9.59 Å². The van der Waals surface area contributed by atoms with Gasteiger partial charge in [0.2, 0.25) is 11.8 Å². The Morgan fingerprint density at radius 2 is 1.92 bits per heavy atom. The van der Waals surface area contributed by atoms with Crippen molar-refractivity contribution in [1.29, 1.82) is 0 Å². The van der Waals surface area contributed by atoms with Crippen LogP contribution in [0.1, 0.15) is 30.2 Å². The average molecular weight is 362 g/mol. The number of rotatable bonds is 5. The van der Waals surface area contributed by atoms with E-state index in [1.165, 1.54) is 0 Å². The zero-order valence-electron chi connectivity index (χ0n) is 14.1. The van der Waals surface area contributed by atoms with Crippen LogP contribution < -0.4 is 9.47 Å². The normalized spacial score (nSPS) is 22.8. The molecule has 2 fully saturated rings. The van der Waals surface area contributed by atoms with Gasteiger partial charge >= 0.3 is 0 Å². The molecule has 1 unspecified atom stereocenters. The Labute approximate surface area is 151 Å². The fourth-order valence-corrected chi connectivity index (χ4v) is 4.77. The number of hydrogen-bond acceptors (Lipinski definition) is 5. The molecule has 2 amide bonds. The van der Waals surface area contributed by atoms with Crippen molar-refractivity contribution in [3.63, 3.8) is 0 Å². The molecule has 1 atom stereocenters. The molecule has 4 rings (SSSR count). The second-order valence-corrected chi connectivity index (χ2v) is 7.56. The fraction of sp³-hybridized carbons (Fsp3) is 0.556. The number of thioether (sulfide) groups is 1. The van der Waals surface area contributed by atoms with Crippen LogP contribution in [0.3, 0.4) is 0 Å². The van der Waals surface area contributed by atoms with Crippen LogP contribution in [0.15, 0.2) is 18.2 Å². The van der Waals surface area contributed by atoms with Crippen molar-refractivity contribution in [1.82, 2.24) is 9.80 Å². The highest BCUT2D eigenvalue weighted by Crippen LogP contribution is 2.42. The first-order valence-corrected chi connectivity index (χ1v) is 9.85. The van der Waals surface area contributed by atoms with Crippen molar-refractivity contribution in [2.24, 2.45) is 0 Å². The highest BCUT2D eigenvalue weighted by Gasteiger charge is 2.33. The Morgan fingerprint density at radius 3 is 2.72 bits per heavy atom. The Balaban J connectivity index is 1.41. The molecule has 1 aromatic rings. The second-order valence-electron chi connectivity index (χ2n) is 6.49. The van der Waals surface area contributed by atoms with E-state index in [4.69, 9.17) is 9.47 Å². The average Bonchev–Trinajstić information content (AvgIpc) is 3.21. The maximum atomic E-state index is 12.3. The van der Waals surface area contributed by atoms with E-state index in [0.717, 1.165) is 43.0 Å². The summed E-state index contributed by atoms with van der Waals surface area (Å²) in [7, 11) is 0. The number of carbonyl (C=O) groups excluding carboxylic acids is 2. The van der Waals surface area contributed by atoms with Gasteiger partial charge < -0.3 is 19.3 Å². The summed E-state index contributed by atoms with van der Waals surface area (Å²) in [6.07, 6.45) is 2.44. The van der Waals surface area contributed by atoms with Crippen molar-refractivity contribution in [3.05, 3.63) is 23.8 Å². The van der Waals surface area contributed by atoms with E-state index in [2.05, 4.69) is 0 Å². The van der Waals surface area contributed by atoms with Gasteiger partial charge in [0.25, 0.3) is 0 Å². The summed E-state index contributed by atoms with van der Waals surface area (Å²) >= 11 is 1.65. The maximum absolute atomic E-state index is 12.3. The van der Waals surface area contributed by atoms with E-state index in [-0.39, 0.29) is 17.2 Å². The summed E-state index contributed by atoms with van der Waals surface area (Å²) < 4.78 is 11.2. The Hall–Kier alpha value is -1.89. The second kappa shape index (κ2) is 7.15. The molecule has 1 aromatic carbocycles. The van der Waals surface area contributed by atoms with Crippen molar-refractivity contribution in [2.75, 3.05) is 38.6 Å². The largest absolute Gasteiger partial charge is 0.486 e. The van der Waals surface area contributed by atoms with Crippen molar-refractivity contribution in [3.8, 4) is 11.5 Å². The summed E-state index contributed by atoms with van der Waals surface area (Å²) in [5, 5.41) is 0.0117. The lowest BCUT2D eigenvalue weighted by Gasteiger charge is -2.26. The molecule has 134 valence electrons. The third-order valence-electron chi connectivity index (χ3n) is 4.82. The van der Waals surface area contributed by atoms with Crippen LogP contribution in [0, 0.1) is 0 Å². The van der Waals surface area contributed by atoms with Crippen LogP contribution in [0.25, 0.3) is 0 Å². The lowest BCUT2D eigenvalue weighted by molar-refractivity contribution is -0.128. The third-order valence-corrected chi connectivity index (χ3v) is 6.07. The molecular formula is C18H22N2O4S. The SMILES string of the molecule is O=C1CCCN1CCCN1C(=O)CSC1c1ccc2c(c1)OCCO2. The number of fused-ring (bicyclic) bond motifs is 1. The molecule has 0 aliphatic carbocycles. The Bertz CT molecular complexity index is 681. The Kier molecular flexibility index (Phi) is 4.74. The monoisotopic (exact) mass is 362 g/mol. The number of hydrogen-bond donors (Lipinski definition) is 0. The van der Waals surface area contributed by atoms with E-state index in [0.29, 0.717) is 31.9 Å². The van der Waals surface area contributed by atoms with Crippen LogP contribution in [0.4, 0.5) is 0 Å². The number of ether oxygens (including phenoxy) is 2. The van der Waals surface area contributed by atoms with Crippen LogP contribution >= 0.6 is 11.8 Å². The third kappa shape index (κ3) is 3.42. The van der Waals surface area contributed by atoms with Crippen molar-refractivity contribution < 1.29 is 19.1 Å². The summed E-state index contributed by atoms with van der Waals surface area (Å²) in [6.45, 7) is 3.40. The zero-order valence-corrected chi connectivity index (χ0v) is 14.9. The van der Waals surface area contributed by atoms with Crippen molar-refractivity contribution in [2.45, 2.75) is 24.6 Å². The topological polar surface area (TPSA) is 59.1 Å². The summed E-state index contributed by atoms with van der Waals surface area (Å²) in [6, 6.07) is 5.93. The number of amides is 2. The van der Waals surface area contributed by atoms with Gasteiger partial charge in [-0.25, -0.2) is 0 Å². The molecule has 0 saturated carbocycles. The van der Waals surface area contributed by atoms with Gasteiger partial charge in [0.05, 0.1) is 5.75 Å². The molecule has 0 aromatic heterocycles. The van der Waals surface area contributed by atoms with E-state index in [9.17, 15) is 9.59 Å². The molecule has 0 spiro atoms. The first-order chi connectivity index (χ1) is 12.2. The minimum absolute atomic E-state index is 0.0117. The molecule has 6 nitrogen and oxygen atoms in total. The molecule has 3 heterocycles. The van der Waals surface area contributed by atoms with Gasteiger partial charge in [-0.3, -0.25) is 9.59 Å². The molecular weight excluding hydrogens is 340 g/mol. The summed E-state index contributed by atoms with van der Waals surface area (Å²) in [4.78, 5) is 27.8. The minimum atomic E-state index is 0.0117. The lowest BCUT2D eigenvalue weighted by Crippen LogP contribution is -2.33. The highest BCUT2D eigenvalue weighted by molar-refractivity contribution is 8.00. The van der Waals surface area contributed by atoms with Gasteiger partial charge in [0, 0.05) is 26.1 Å². The van der Waals surface area contributed by atoms with Gasteiger partial charge in [-0.2, -0.15) is 0 Å². The predicted molar refractivity (Wildman–Crippen MR) is 94.8 cm³/mol. The van der Waals surface area contributed by atoms with Gasteiger partial charge in [-0.15, -0.1) is 11.8 Å². The highest BCUT2D eigenvalue weighted by atomic mass is 32.2. The van der Waals surface area contributed by atoms with E-state index in [1.807, 2.05) is 28.0 Å². The first-order valence-electron chi connectivity index (χ1n) is 8.81. The molecule has 3 aliphatic rings. The molecule has 0 radical (unpaired) electrons. The van der Waals surface area contributed by atoms with Crippen molar-refractivity contribution >= 4 is 23.6 Å². The van der Waals surface area contributed by atoms with Crippen LogP contribution in [0.2, 0.25) is 0 Å².